The molecule has 0 aromatic heterocycles. The number of aliphatic hydroxyl groups is 1. The van der Waals surface area contributed by atoms with Gasteiger partial charge in [-0.25, -0.2) is 0 Å². The van der Waals surface area contributed by atoms with E-state index >= 15 is 4.79 Å². The number of likely N-dealkylation sites (tertiary alicyclic amines) is 1. The Morgan fingerprint density at radius 1 is 1.17 bits per heavy atom. The van der Waals surface area contributed by atoms with Gasteiger partial charge in [-0.05, 0) is 50.5 Å². The highest BCUT2D eigenvalue weighted by molar-refractivity contribution is 5.99. The van der Waals surface area contributed by atoms with Crippen LogP contribution in [0.3, 0.4) is 0 Å². The van der Waals surface area contributed by atoms with E-state index in [1.165, 1.54) is 11.0 Å². The molecule has 230 valence electrons. The topological polar surface area (TPSA) is 96.4 Å². The third-order valence-electron chi connectivity index (χ3n) is 9.41. The van der Waals surface area contributed by atoms with E-state index in [9.17, 15) is 14.7 Å². The fraction of sp³-hybridized carbons (Fsp3) is 0.618. The van der Waals surface area contributed by atoms with E-state index in [1.54, 1.807) is 11.0 Å². The normalized spacial score (nSPS) is 29.3. The standard InChI is InChI=1S/C34H48N2O6/c1-9-19-35(32(7,8)22-31(4,5)6)29(39)27-34-18-17-33(11-3,42-34)26(30(40)41-20-10-2)25(34)28(38)36(27)24(21-37)23-15-13-12-14-16-23/h9-10,12-16,24-27,37H,1-2,11,17-22H2,3-8H3/t24-,25+,26+,27?,33-,34?/m1/s1. The molecule has 8 heteroatoms. The Bertz CT molecular complexity index is 1210. The van der Waals surface area contributed by atoms with Crippen LogP contribution >= 0.6 is 0 Å². The molecule has 2 unspecified atom stereocenters. The van der Waals surface area contributed by atoms with Crippen LogP contribution in [0.5, 0.6) is 0 Å². The summed E-state index contributed by atoms with van der Waals surface area (Å²) in [6.45, 7) is 19.9. The van der Waals surface area contributed by atoms with Crippen LogP contribution in [0.2, 0.25) is 0 Å². The van der Waals surface area contributed by atoms with Gasteiger partial charge in [-0.2, -0.15) is 0 Å². The van der Waals surface area contributed by atoms with E-state index in [-0.39, 0.29) is 37.0 Å². The van der Waals surface area contributed by atoms with Crippen molar-refractivity contribution in [2.75, 3.05) is 19.8 Å². The van der Waals surface area contributed by atoms with Gasteiger partial charge in [-0.15, -0.1) is 6.58 Å². The van der Waals surface area contributed by atoms with Gasteiger partial charge in [0.2, 0.25) is 11.8 Å². The van der Waals surface area contributed by atoms with Crippen LogP contribution in [0, 0.1) is 17.3 Å². The van der Waals surface area contributed by atoms with Crippen molar-refractivity contribution in [2.24, 2.45) is 17.3 Å². The fourth-order valence-electron chi connectivity index (χ4n) is 8.20. The number of amides is 2. The summed E-state index contributed by atoms with van der Waals surface area (Å²) in [6.07, 6.45) is 5.38. The Morgan fingerprint density at radius 2 is 1.83 bits per heavy atom. The predicted octanol–water partition coefficient (Wildman–Crippen LogP) is 4.83. The largest absolute Gasteiger partial charge is 0.461 e. The molecule has 0 aliphatic carbocycles. The Hall–Kier alpha value is -2.97. The van der Waals surface area contributed by atoms with Crippen LogP contribution in [-0.2, 0) is 23.9 Å². The Labute approximate surface area is 250 Å². The molecule has 1 N–H and O–H groups in total. The van der Waals surface area contributed by atoms with Crippen molar-refractivity contribution in [1.29, 1.82) is 0 Å². The average Bonchev–Trinajstić information content (AvgIpc) is 3.53. The minimum atomic E-state index is -1.23. The first kappa shape index (κ1) is 32.0. The molecule has 6 atom stereocenters. The van der Waals surface area contributed by atoms with Crippen LogP contribution in [0.15, 0.2) is 55.6 Å². The molecule has 2 bridgehead atoms. The number of fused-ring (bicyclic) bond motifs is 1. The van der Waals surface area contributed by atoms with Crippen LogP contribution in [0.25, 0.3) is 0 Å². The highest BCUT2D eigenvalue weighted by Crippen LogP contribution is 2.65. The number of hydrogen-bond donors (Lipinski definition) is 1. The lowest BCUT2D eigenvalue weighted by Crippen LogP contribution is -2.61. The number of benzene rings is 1. The summed E-state index contributed by atoms with van der Waals surface area (Å²) in [5, 5.41) is 10.8. The molecule has 2 amide bonds. The fourth-order valence-corrected chi connectivity index (χ4v) is 8.20. The average molecular weight is 581 g/mol. The van der Waals surface area contributed by atoms with Gasteiger partial charge in [-0.1, -0.05) is 76.8 Å². The van der Waals surface area contributed by atoms with Crippen molar-refractivity contribution in [3.05, 3.63) is 61.2 Å². The van der Waals surface area contributed by atoms with Gasteiger partial charge in [0.25, 0.3) is 0 Å². The van der Waals surface area contributed by atoms with E-state index in [1.807, 2.05) is 51.1 Å². The molecule has 1 spiro atoms. The monoisotopic (exact) mass is 580 g/mol. The molecular formula is C34H48N2O6. The first-order valence-electron chi connectivity index (χ1n) is 15.1. The van der Waals surface area contributed by atoms with Crippen molar-refractivity contribution in [1.82, 2.24) is 9.80 Å². The van der Waals surface area contributed by atoms with Gasteiger partial charge in [0.05, 0.1) is 24.2 Å². The van der Waals surface area contributed by atoms with Crippen molar-refractivity contribution in [3.63, 3.8) is 0 Å². The molecule has 3 fully saturated rings. The van der Waals surface area contributed by atoms with Crippen LogP contribution in [0.4, 0.5) is 0 Å². The molecule has 3 aliphatic heterocycles. The molecule has 3 saturated heterocycles. The zero-order valence-corrected chi connectivity index (χ0v) is 26.1. The third kappa shape index (κ3) is 5.21. The SMILES string of the molecule is C=CCOC(=O)[C@@H]1[C@H]2C(=O)N([C@H](CO)c3ccccc3)C(C(=O)N(CC=C)C(C)(C)CC(C)(C)C)C23CC[C@@]1(CC)O3. The van der Waals surface area contributed by atoms with E-state index in [0.29, 0.717) is 31.2 Å². The zero-order valence-electron chi connectivity index (χ0n) is 26.1. The molecule has 1 aromatic rings. The summed E-state index contributed by atoms with van der Waals surface area (Å²) in [7, 11) is 0. The maximum atomic E-state index is 15.0. The Balaban J connectivity index is 1.90. The molecule has 0 radical (unpaired) electrons. The second kappa shape index (κ2) is 11.6. The summed E-state index contributed by atoms with van der Waals surface area (Å²) in [5.74, 6) is -2.91. The molecule has 4 rings (SSSR count). The van der Waals surface area contributed by atoms with E-state index in [0.717, 1.165) is 0 Å². The number of hydrogen-bond acceptors (Lipinski definition) is 6. The maximum Gasteiger partial charge on any atom is 0.313 e. The van der Waals surface area contributed by atoms with Gasteiger partial charge >= 0.3 is 5.97 Å². The molecule has 8 nitrogen and oxygen atoms in total. The van der Waals surface area contributed by atoms with Crippen LogP contribution in [0.1, 0.15) is 78.8 Å². The van der Waals surface area contributed by atoms with Crippen molar-refractivity contribution in [2.45, 2.75) is 96.1 Å². The lowest BCUT2D eigenvalue weighted by atomic mass is 9.65. The number of ether oxygens (including phenoxy) is 2. The number of rotatable bonds is 12. The van der Waals surface area contributed by atoms with Gasteiger partial charge in [0.1, 0.15) is 24.2 Å². The first-order chi connectivity index (χ1) is 19.7. The summed E-state index contributed by atoms with van der Waals surface area (Å²) in [4.78, 5) is 46.6. The number of esters is 1. The molecule has 3 heterocycles. The van der Waals surface area contributed by atoms with Gasteiger partial charge in [0, 0.05) is 12.1 Å². The minimum Gasteiger partial charge on any atom is -0.461 e. The summed E-state index contributed by atoms with van der Waals surface area (Å²) in [5.41, 5.74) is -2.11. The van der Waals surface area contributed by atoms with Crippen LogP contribution in [-0.4, -0.2) is 75.2 Å². The van der Waals surface area contributed by atoms with Crippen LogP contribution < -0.4 is 0 Å². The highest BCUT2D eigenvalue weighted by Gasteiger charge is 2.80. The maximum absolute atomic E-state index is 15.0. The Kier molecular flexibility index (Phi) is 8.83. The van der Waals surface area contributed by atoms with E-state index < -0.39 is 46.6 Å². The summed E-state index contributed by atoms with van der Waals surface area (Å²) < 4.78 is 12.4. The van der Waals surface area contributed by atoms with Crippen molar-refractivity contribution in [3.8, 4) is 0 Å². The number of aliphatic hydroxyl groups excluding tert-OH is 1. The first-order valence-corrected chi connectivity index (χ1v) is 15.1. The molecule has 0 saturated carbocycles. The van der Waals surface area contributed by atoms with Gasteiger partial charge in [0.15, 0.2) is 0 Å². The van der Waals surface area contributed by atoms with Gasteiger partial charge < -0.3 is 24.4 Å². The predicted molar refractivity (Wildman–Crippen MR) is 161 cm³/mol. The summed E-state index contributed by atoms with van der Waals surface area (Å²) >= 11 is 0. The Morgan fingerprint density at radius 3 is 2.38 bits per heavy atom. The lowest BCUT2D eigenvalue weighted by molar-refractivity contribution is -0.164. The second-order valence-corrected chi connectivity index (χ2v) is 13.9. The van der Waals surface area contributed by atoms with Crippen molar-refractivity contribution >= 4 is 17.8 Å². The van der Waals surface area contributed by atoms with E-state index in [2.05, 4.69) is 33.9 Å². The molecule has 42 heavy (non-hydrogen) atoms. The smallest absolute Gasteiger partial charge is 0.313 e. The lowest BCUT2D eigenvalue weighted by Gasteiger charge is -2.46. The number of nitrogens with zero attached hydrogens (tertiary/aromatic N) is 2. The highest BCUT2D eigenvalue weighted by atomic mass is 16.6. The number of carbonyl (C=O) groups is 3. The zero-order chi connectivity index (χ0) is 31.1. The molecule has 3 aliphatic rings. The second-order valence-electron chi connectivity index (χ2n) is 13.9. The third-order valence-corrected chi connectivity index (χ3v) is 9.41. The minimum absolute atomic E-state index is 0.0203. The summed E-state index contributed by atoms with van der Waals surface area (Å²) in [6, 6.07) is 7.39. The van der Waals surface area contributed by atoms with Crippen molar-refractivity contribution < 1.29 is 29.0 Å². The molecular weight excluding hydrogens is 532 g/mol. The number of carbonyl (C=O) groups excluding carboxylic acids is 3. The van der Waals surface area contributed by atoms with E-state index in [4.69, 9.17) is 9.47 Å². The molecule has 1 aromatic carbocycles. The quantitative estimate of drug-likeness (QED) is 0.281. The van der Waals surface area contributed by atoms with Gasteiger partial charge in [-0.3, -0.25) is 14.4 Å².